The van der Waals surface area contributed by atoms with E-state index in [0.717, 1.165) is 48.1 Å². The Balaban J connectivity index is 0.00000192. The van der Waals surface area contributed by atoms with Crippen LogP contribution >= 0.6 is 12.4 Å². The minimum atomic E-state index is 0. The fraction of sp³-hybridized carbons (Fsp3) is 0.304. The molecule has 2 aliphatic rings. The van der Waals surface area contributed by atoms with Crippen LogP contribution in [-0.2, 0) is 6.54 Å². The summed E-state index contributed by atoms with van der Waals surface area (Å²) in [6, 6.07) is 19.6. The van der Waals surface area contributed by atoms with Crippen molar-refractivity contribution in [1.82, 2.24) is 9.47 Å². The lowest BCUT2D eigenvalue weighted by atomic mass is 9.83. The zero-order valence-corrected chi connectivity index (χ0v) is 16.4. The van der Waals surface area contributed by atoms with E-state index in [-0.39, 0.29) is 23.7 Å². The van der Waals surface area contributed by atoms with Gasteiger partial charge in [0, 0.05) is 42.9 Å². The van der Waals surface area contributed by atoms with Gasteiger partial charge in [-0.1, -0.05) is 42.5 Å². The molecule has 0 saturated carbocycles. The van der Waals surface area contributed by atoms with Crippen LogP contribution < -0.4 is 5.56 Å². The second kappa shape index (κ2) is 7.53. The maximum absolute atomic E-state index is 12.9. The molecule has 5 heteroatoms. The standard InChI is InChI=1S/C23H22N2O2.ClH/c26-22(19-9-8-17-4-1-2-5-18(17)11-19)15-24-12-16-10-20(14-24)21-6-3-7-23(27)25(21)13-16;/h1-9,11,16,20H,10,12-15H2;1H/t16-,20-;/m0./s1. The van der Waals surface area contributed by atoms with Crippen molar-refractivity contribution in [2.75, 3.05) is 19.6 Å². The summed E-state index contributed by atoms with van der Waals surface area (Å²) >= 11 is 0. The number of Topliss-reactive ketones (excluding diaryl/α,β-unsaturated/α-hetero) is 1. The van der Waals surface area contributed by atoms with E-state index in [1.165, 1.54) is 0 Å². The van der Waals surface area contributed by atoms with Gasteiger partial charge in [-0.25, -0.2) is 0 Å². The third kappa shape index (κ3) is 3.38. The monoisotopic (exact) mass is 394 g/mol. The quantitative estimate of drug-likeness (QED) is 0.636. The molecule has 0 amide bonds. The van der Waals surface area contributed by atoms with Gasteiger partial charge in [0.1, 0.15) is 0 Å². The summed E-state index contributed by atoms with van der Waals surface area (Å²) in [7, 11) is 0. The van der Waals surface area contributed by atoms with Gasteiger partial charge in [0.2, 0.25) is 0 Å². The molecular formula is C23H23ClN2O2. The van der Waals surface area contributed by atoms with Crippen molar-refractivity contribution in [3.8, 4) is 0 Å². The Morgan fingerprint density at radius 2 is 1.75 bits per heavy atom. The van der Waals surface area contributed by atoms with E-state index in [2.05, 4.69) is 17.0 Å². The molecule has 4 nitrogen and oxygen atoms in total. The summed E-state index contributed by atoms with van der Waals surface area (Å²) in [4.78, 5) is 27.3. The number of benzene rings is 2. The van der Waals surface area contributed by atoms with E-state index < -0.39 is 0 Å². The maximum atomic E-state index is 12.9. The van der Waals surface area contributed by atoms with Gasteiger partial charge in [0.15, 0.2) is 5.78 Å². The fourth-order valence-electron chi connectivity index (χ4n) is 4.78. The molecule has 2 aliphatic heterocycles. The lowest BCUT2D eigenvalue weighted by molar-refractivity contribution is 0.0817. The zero-order chi connectivity index (χ0) is 18.4. The van der Waals surface area contributed by atoms with Crippen LogP contribution in [0.25, 0.3) is 10.8 Å². The molecule has 3 heterocycles. The van der Waals surface area contributed by atoms with Gasteiger partial charge in [0.25, 0.3) is 5.56 Å². The Bertz CT molecular complexity index is 1090. The number of fused-ring (bicyclic) bond motifs is 5. The first-order valence-electron chi connectivity index (χ1n) is 9.61. The first-order chi connectivity index (χ1) is 13.2. The molecule has 2 atom stereocenters. The predicted octanol–water partition coefficient (Wildman–Crippen LogP) is 3.73. The molecule has 144 valence electrons. The van der Waals surface area contributed by atoms with Gasteiger partial charge in [-0.2, -0.15) is 0 Å². The molecule has 3 aromatic rings. The van der Waals surface area contributed by atoms with E-state index in [9.17, 15) is 9.59 Å². The first kappa shape index (κ1) is 18.9. The van der Waals surface area contributed by atoms with Crippen molar-refractivity contribution in [3.63, 3.8) is 0 Å². The summed E-state index contributed by atoms with van der Waals surface area (Å²) in [5.41, 5.74) is 2.01. The van der Waals surface area contributed by atoms with Crippen molar-refractivity contribution < 1.29 is 4.79 Å². The summed E-state index contributed by atoms with van der Waals surface area (Å²) in [5.74, 6) is 0.961. The number of likely N-dealkylation sites (tertiary alicyclic amines) is 1. The molecule has 5 rings (SSSR count). The maximum Gasteiger partial charge on any atom is 0.250 e. The number of carbonyl (C=O) groups excluding carboxylic acids is 1. The molecule has 0 spiro atoms. The van der Waals surface area contributed by atoms with Gasteiger partial charge in [-0.05, 0) is 35.2 Å². The highest BCUT2D eigenvalue weighted by Gasteiger charge is 2.34. The van der Waals surface area contributed by atoms with Gasteiger partial charge in [-0.3, -0.25) is 14.5 Å². The highest BCUT2D eigenvalue weighted by Crippen LogP contribution is 2.34. The Labute approximate surface area is 170 Å². The first-order valence-corrected chi connectivity index (χ1v) is 9.61. The number of aromatic nitrogens is 1. The van der Waals surface area contributed by atoms with Crippen molar-refractivity contribution in [3.05, 3.63) is 82.3 Å². The summed E-state index contributed by atoms with van der Waals surface area (Å²) in [6.45, 7) is 2.95. The Hall–Kier alpha value is -2.43. The third-order valence-corrected chi connectivity index (χ3v) is 5.99. The van der Waals surface area contributed by atoms with Crippen LogP contribution in [0.3, 0.4) is 0 Å². The van der Waals surface area contributed by atoms with Crippen molar-refractivity contribution in [2.45, 2.75) is 18.9 Å². The van der Waals surface area contributed by atoms with E-state index in [0.29, 0.717) is 18.4 Å². The van der Waals surface area contributed by atoms with E-state index >= 15 is 0 Å². The third-order valence-electron chi connectivity index (χ3n) is 5.99. The predicted molar refractivity (Wildman–Crippen MR) is 114 cm³/mol. The second-order valence-electron chi connectivity index (χ2n) is 7.88. The fourth-order valence-corrected chi connectivity index (χ4v) is 4.78. The smallest absolute Gasteiger partial charge is 0.250 e. The zero-order valence-electron chi connectivity index (χ0n) is 15.6. The molecule has 1 fully saturated rings. The molecule has 0 N–H and O–H groups in total. The van der Waals surface area contributed by atoms with Crippen LogP contribution in [0.1, 0.15) is 28.4 Å². The average molecular weight is 395 g/mol. The Morgan fingerprint density at radius 3 is 2.61 bits per heavy atom. The van der Waals surface area contributed by atoms with Crippen LogP contribution in [0.4, 0.5) is 0 Å². The largest absolute Gasteiger partial charge is 0.312 e. The summed E-state index contributed by atoms with van der Waals surface area (Å²) in [6.07, 6.45) is 1.12. The number of halogens is 1. The van der Waals surface area contributed by atoms with E-state index in [1.807, 2.05) is 47.0 Å². The number of hydrogen-bond donors (Lipinski definition) is 0. The number of ketones is 1. The highest BCUT2D eigenvalue weighted by molar-refractivity contribution is 6.01. The van der Waals surface area contributed by atoms with Crippen molar-refractivity contribution in [1.29, 1.82) is 0 Å². The van der Waals surface area contributed by atoms with Crippen LogP contribution in [0.2, 0.25) is 0 Å². The van der Waals surface area contributed by atoms with E-state index in [4.69, 9.17) is 0 Å². The highest BCUT2D eigenvalue weighted by atomic mass is 35.5. The van der Waals surface area contributed by atoms with Gasteiger partial charge >= 0.3 is 0 Å². The molecule has 2 bridgehead atoms. The van der Waals surface area contributed by atoms with Crippen LogP contribution in [0.5, 0.6) is 0 Å². The van der Waals surface area contributed by atoms with Crippen molar-refractivity contribution in [2.24, 2.45) is 5.92 Å². The Kier molecular flexibility index (Phi) is 5.09. The molecule has 1 saturated heterocycles. The summed E-state index contributed by atoms with van der Waals surface area (Å²) in [5, 5.41) is 2.26. The van der Waals surface area contributed by atoms with Crippen LogP contribution in [0, 0.1) is 5.92 Å². The summed E-state index contributed by atoms with van der Waals surface area (Å²) < 4.78 is 1.93. The molecule has 0 aliphatic carbocycles. The second-order valence-corrected chi connectivity index (χ2v) is 7.88. The molecule has 2 aromatic carbocycles. The lowest BCUT2D eigenvalue weighted by Gasteiger charge is -2.42. The van der Waals surface area contributed by atoms with E-state index in [1.54, 1.807) is 6.07 Å². The van der Waals surface area contributed by atoms with Gasteiger partial charge in [0.05, 0.1) is 6.54 Å². The topological polar surface area (TPSA) is 42.3 Å². The lowest BCUT2D eigenvalue weighted by Crippen LogP contribution is -2.48. The number of carbonyl (C=O) groups is 1. The molecule has 28 heavy (non-hydrogen) atoms. The van der Waals surface area contributed by atoms with Crippen LogP contribution in [0.15, 0.2) is 65.5 Å². The van der Waals surface area contributed by atoms with Crippen LogP contribution in [-0.4, -0.2) is 34.9 Å². The number of nitrogens with zero attached hydrogens (tertiary/aromatic N) is 2. The number of piperidine rings is 1. The normalized spacial score (nSPS) is 21.0. The van der Waals surface area contributed by atoms with Gasteiger partial charge < -0.3 is 4.57 Å². The van der Waals surface area contributed by atoms with Gasteiger partial charge in [-0.15, -0.1) is 12.4 Å². The number of hydrogen-bond acceptors (Lipinski definition) is 3. The van der Waals surface area contributed by atoms with Crippen molar-refractivity contribution >= 4 is 29.0 Å². The SMILES string of the molecule is Cl.O=C(CN1C[C@@H]2C[C@@H](C1)c1cccc(=O)n1C2)c1ccc2ccccc2c1. The average Bonchev–Trinajstić information content (AvgIpc) is 2.68. The minimum Gasteiger partial charge on any atom is -0.312 e. The molecule has 0 radical (unpaired) electrons. The molecule has 0 unspecified atom stereocenters. The number of rotatable bonds is 3. The number of pyridine rings is 1. The molecule has 1 aromatic heterocycles. The Morgan fingerprint density at radius 1 is 0.929 bits per heavy atom. The molecular weight excluding hydrogens is 372 g/mol. The minimum absolute atomic E-state index is 0.